The maximum absolute atomic E-state index is 12.8. The van der Waals surface area contributed by atoms with Crippen molar-refractivity contribution in [3.63, 3.8) is 0 Å². The van der Waals surface area contributed by atoms with Gasteiger partial charge in [0.1, 0.15) is 5.75 Å². The predicted octanol–water partition coefficient (Wildman–Crippen LogP) is 3.62. The van der Waals surface area contributed by atoms with Gasteiger partial charge in [0.25, 0.3) is 0 Å². The Hall–Kier alpha value is -2.59. The molecule has 0 aromatic heterocycles. The van der Waals surface area contributed by atoms with E-state index in [4.69, 9.17) is 0 Å². The number of hydrogen-bond donors (Lipinski definition) is 1. The van der Waals surface area contributed by atoms with Gasteiger partial charge in [-0.05, 0) is 37.1 Å². The Balaban J connectivity index is 1.64. The van der Waals surface area contributed by atoms with Crippen LogP contribution in [0, 0.1) is 5.92 Å². The minimum absolute atomic E-state index is 0.0968. The molecule has 1 saturated heterocycles. The van der Waals surface area contributed by atoms with Crippen molar-refractivity contribution in [3.05, 3.63) is 54.6 Å². The molecular weight excluding hydrogens is 409 g/mol. The number of benzene rings is 2. The molecule has 10 heteroatoms. The Labute approximate surface area is 166 Å². The first kappa shape index (κ1) is 21.1. The Morgan fingerprint density at radius 2 is 1.69 bits per heavy atom. The summed E-state index contributed by atoms with van der Waals surface area (Å²) in [5.41, 5.74) is 0.661. The van der Waals surface area contributed by atoms with Crippen molar-refractivity contribution in [1.29, 1.82) is 0 Å². The van der Waals surface area contributed by atoms with Gasteiger partial charge in [-0.1, -0.05) is 24.3 Å². The van der Waals surface area contributed by atoms with Gasteiger partial charge >= 0.3 is 6.36 Å². The average Bonchev–Trinajstić information content (AvgIpc) is 2.68. The summed E-state index contributed by atoms with van der Waals surface area (Å²) in [6.45, 7) is 0.194. The van der Waals surface area contributed by atoms with Gasteiger partial charge in [0.2, 0.25) is 15.9 Å². The lowest BCUT2D eigenvalue weighted by molar-refractivity contribution is -0.274. The van der Waals surface area contributed by atoms with Crippen LogP contribution in [0.15, 0.2) is 59.5 Å². The van der Waals surface area contributed by atoms with Gasteiger partial charge in [-0.15, -0.1) is 13.2 Å². The lowest BCUT2D eigenvalue weighted by Crippen LogP contribution is -2.41. The Kier molecular flexibility index (Phi) is 6.13. The fourth-order valence-electron chi connectivity index (χ4n) is 3.11. The highest BCUT2D eigenvalue weighted by atomic mass is 32.2. The van der Waals surface area contributed by atoms with E-state index in [0.717, 1.165) is 12.1 Å². The Morgan fingerprint density at radius 3 is 2.31 bits per heavy atom. The predicted molar refractivity (Wildman–Crippen MR) is 99.7 cm³/mol. The number of rotatable bonds is 5. The van der Waals surface area contributed by atoms with Crippen LogP contribution in [0.25, 0.3) is 0 Å². The number of anilines is 1. The van der Waals surface area contributed by atoms with E-state index >= 15 is 0 Å². The van der Waals surface area contributed by atoms with E-state index < -0.39 is 22.1 Å². The zero-order valence-electron chi connectivity index (χ0n) is 15.2. The Bertz CT molecular complexity index is 957. The number of amides is 1. The number of nitrogens with one attached hydrogen (secondary N) is 1. The summed E-state index contributed by atoms with van der Waals surface area (Å²) in [7, 11) is -3.99. The van der Waals surface area contributed by atoms with Crippen molar-refractivity contribution in [1.82, 2.24) is 4.31 Å². The van der Waals surface area contributed by atoms with E-state index in [0.29, 0.717) is 18.5 Å². The third-order valence-electron chi connectivity index (χ3n) is 4.54. The molecule has 1 fully saturated rings. The van der Waals surface area contributed by atoms with Crippen LogP contribution in [0.4, 0.5) is 18.9 Å². The topological polar surface area (TPSA) is 75.7 Å². The molecule has 2 aromatic rings. The molecule has 0 atom stereocenters. The molecule has 2 aromatic carbocycles. The van der Waals surface area contributed by atoms with E-state index in [-0.39, 0.29) is 29.8 Å². The maximum atomic E-state index is 12.8. The van der Waals surface area contributed by atoms with Crippen molar-refractivity contribution in [2.45, 2.75) is 24.1 Å². The molecular formula is C19H19F3N2O4S. The first-order chi connectivity index (χ1) is 13.6. The number of nitrogens with zero attached hydrogens (tertiary/aromatic N) is 1. The standard InChI is InChI=1S/C19H19F3N2O4S/c20-19(21,22)28-16-7-4-8-17(13-16)29(26,27)24-11-9-14(10-12-24)18(25)23-15-5-2-1-3-6-15/h1-8,13-14H,9-12H2,(H,23,25). The van der Waals surface area contributed by atoms with Gasteiger partial charge in [0, 0.05) is 30.8 Å². The summed E-state index contributed by atoms with van der Waals surface area (Å²) in [6.07, 6.45) is -4.28. The van der Waals surface area contributed by atoms with Crippen LogP contribution >= 0.6 is 0 Å². The van der Waals surface area contributed by atoms with Gasteiger partial charge < -0.3 is 10.1 Å². The van der Waals surface area contributed by atoms with E-state index in [1.165, 1.54) is 16.4 Å². The maximum Gasteiger partial charge on any atom is 0.573 e. The summed E-state index contributed by atoms with van der Waals surface area (Å²) < 4.78 is 67.6. The third-order valence-corrected chi connectivity index (χ3v) is 6.44. The van der Waals surface area contributed by atoms with Crippen molar-refractivity contribution >= 4 is 21.6 Å². The second-order valence-electron chi connectivity index (χ2n) is 6.56. The summed E-state index contributed by atoms with van der Waals surface area (Å²) in [5, 5.41) is 2.80. The molecule has 1 aliphatic rings. The molecule has 1 amide bonds. The number of halogens is 3. The van der Waals surface area contributed by atoms with E-state index in [1.54, 1.807) is 24.3 Å². The number of ether oxygens (including phenoxy) is 1. The normalized spacial score (nSPS) is 16.4. The molecule has 0 bridgehead atoms. The molecule has 1 heterocycles. The van der Waals surface area contributed by atoms with Gasteiger partial charge in [0.05, 0.1) is 4.90 Å². The number of piperidine rings is 1. The number of alkyl halides is 3. The van der Waals surface area contributed by atoms with Crippen LogP contribution in [-0.4, -0.2) is 38.1 Å². The fraction of sp³-hybridized carbons (Fsp3) is 0.316. The molecule has 0 saturated carbocycles. The number of carbonyl (C=O) groups is 1. The largest absolute Gasteiger partial charge is 0.573 e. The number of sulfonamides is 1. The van der Waals surface area contributed by atoms with E-state index in [1.807, 2.05) is 6.07 Å². The highest BCUT2D eigenvalue weighted by Gasteiger charge is 2.34. The van der Waals surface area contributed by atoms with Crippen molar-refractivity contribution < 1.29 is 31.1 Å². The highest BCUT2D eigenvalue weighted by molar-refractivity contribution is 7.89. The minimum atomic E-state index is -4.91. The second kappa shape index (κ2) is 8.42. The molecule has 1 N–H and O–H groups in total. The zero-order chi connectivity index (χ0) is 21.1. The SMILES string of the molecule is O=C(Nc1ccccc1)C1CCN(S(=O)(=O)c2cccc(OC(F)(F)F)c2)CC1. The van der Waals surface area contributed by atoms with Crippen LogP contribution in [0.5, 0.6) is 5.75 Å². The van der Waals surface area contributed by atoms with Crippen molar-refractivity contribution in [3.8, 4) is 5.75 Å². The molecule has 6 nitrogen and oxygen atoms in total. The van der Waals surface area contributed by atoms with Crippen LogP contribution in [0.1, 0.15) is 12.8 Å². The van der Waals surface area contributed by atoms with Crippen LogP contribution in [-0.2, 0) is 14.8 Å². The van der Waals surface area contributed by atoms with Crippen LogP contribution in [0.3, 0.4) is 0 Å². The highest BCUT2D eigenvalue weighted by Crippen LogP contribution is 2.29. The summed E-state index contributed by atoms with van der Waals surface area (Å²) >= 11 is 0. The molecule has 0 spiro atoms. The zero-order valence-corrected chi connectivity index (χ0v) is 16.0. The van der Waals surface area contributed by atoms with Gasteiger partial charge in [-0.25, -0.2) is 8.42 Å². The van der Waals surface area contributed by atoms with E-state index in [9.17, 15) is 26.4 Å². The number of carbonyl (C=O) groups excluding carboxylic acids is 1. The van der Waals surface area contributed by atoms with E-state index in [2.05, 4.69) is 10.1 Å². The van der Waals surface area contributed by atoms with Crippen LogP contribution < -0.4 is 10.1 Å². The first-order valence-electron chi connectivity index (χ1n) is 8.87. The molecule has 3 rings (SSSR count). The van der Waals surface area contributed by atoms with Gasteiger partial charge in [0.15, 0.2) is 0 Å². The minimum Gasteiger partial charge on any atom is -0.406 e. The summed E-state index contributed by atoms with van der Waals surface area (Å²) in [5.74, 6) is -1.13. The summed E-state index contributed by atoms with van der Waals surface area (Å²) in [4.78, 5) is 12.1. The number of para-hydroxylation sites is 1. The molecule has 0 unspecified atom stereocenters. The van der Waals surface area contributed by atoms with Crippen LogP contribution in [0.2, 0.25) is 0 Å². The monoisotopic (exact) mass is 428 g/mol. The first-order valence-corrected chi connectivity index (χ1v) is 10.3. The Morgan fingerprint density at radius 1 is 1.03 bits per heavy atom. The molecule has 1 aliphatic heterocycles. The third kappa shape index (κ3) is 5.48. The molecule has 29 heavy (non-hydrogen) atoms. The van der Waals surface area contributed by atoms with Gasteiger partial charge in [-0.2, -0.15) is 4.31 Å². The number of hydrogen-bond acceptors (Lipinski definition) is 4. The average molecular weight is 428 g/mol. The second-order valence-corrected chi connectivity index (χ2v) is 8.49. The molecule has 0 aliphatic carbocycles. The van der Waals surface area contributed by atoms with Crippen molar-refractivity contribution in [2.75, 3.05) is 18.4 Å². The van der Waals surface area contributed by atoms with Crippen molar-refractivity contribution in [2.24, 2.45) is 5.92 Å². The smallest absolute Gasteiger partial charge is 0.406 e. The quantitative estimate of drug-likeness (QED) is 0.789. The fourth-order valence-corrected chi connectivity index (χ4v) is 4.61. The lowest BCUT2D eigenvalue weighted by Gasteiger charge is -2.30. The molecule has 0 radical (unpaired) electrons. The summed E-state index contributed by atoms with van der Waals surface area (Å²) in [6, 6.07) is 13.2. The molecule has 156 valence electrons. The van der Waals surface area contributed by atoms with Gasteiger partial charge in [-0.3, -0.25) is 4.79 Å². The lowest BCUT2D eigenvalue weighted by atomic mass is 9.97.